The Kier molecular flexibility index (Phi) is 5.74. The van der Waals surface area contributed by atoms with E-state index in [1.807, 2.05) is 19.1 Å². The Morgan fingerprint density at radius 1 is 1.47 bits per heavy atom. The Morgan fingerprint density at radius 3 is 2.71 bits per heavy atom. The van der Waals surface area contributed by atoms with Crippen LogP contribution in [0.1, 0.15) is 18.6 Å². The van der Waals surface area contributed by atoms with Gasteiger partial charge in [0.05, 0.1) is 19.8 Å². The van der Waals surface area contributed by atoms with Crippen LogP contribution >= 0.6 is 15.9 Å². The van der Waals surface area contributed by atoms with Gasteiger partial charge in [-0.1, -0.05) is 15.9 Å². The summed E-state index contributed by atoms with van der Waals surface area (Å²) < 4.78 is 11.6. The van der Waals surface area contributed by atoms with Crippen molar-refractivity contribution >= 4 is 15.9 Å². The van der Waals surface area contributed by atoms with Gasteiger partial charge < -0.3 is 19.9 Å². The molecule has 1 aromatic carbocycles. The fourth-order valence-corrected chi connectivity index (χ4v) is 2.19. The van der Waals surface area contributed by atoms with Gasteiger partial charge in [0.1, 0.15) is 0 Å². The van der Waals surface area contributed by atoms with Gasteiger partial charge in [-0.3, -0.25) is 0 Å². The van der Waals surface area contributed by atoms with Crippen molar-refractivity contribution in [1.29, 1.82) is 0 Å². The van der Waals surface area contributed by atoms with E-state index in [1.54, 1.807) is 14.2 Å². The Hall–Kier alpha value is -0.780. The lowest BCUT2D eigenvalue weighted by atomic mass is 10.1. The third-order valence-corrected chi connectivity index (χ3v) is 3.04. The van der Waals surface area contributed by atoms with Gasteiger partial charge in [-0.2, -0.15) is 0 Å². The number of halogens is 1. The second kappa shape index (κ2) is 6.83. The number of ether oxygens (including phenoxy) is 2. The molecule has 17 heavy (non-hydrogen) atoms. The minimum Gasteiger partial charge on any atom is -0.493 e. The van der Waals surface area contributed by atoms with Gasteiger partial charge in [0.25, 0.3) is 0 Å². The molecule has 1 atom stereocenters. The van der Waals surface area contributed by atoms with E-state index < -0.39 is 6.10 Å². The predicted molar refractivity (Wildman–Crippen MR) is 70.7 cm³/mol. The lowest BCUT2D eigenvalue weighted by Gasteiger charge is -2.19. The summed E-state index contributed by atoms with van der Waals surface area (Å²) in [4.78, 5) is 0. The molecule has 0 bridgehead atoms. The zero-order valence-corrected chi connectivity index (χ0v) is 11.9. The quantitative estimate of drug-likeness (QED) is 0.845. The van der Waals surface area contributed by atoms with E-state index in [2.05, 4.69) is 21.2 Å². The first-order valence-electron chi connectivity index (χ1n) is 5.47. The fraction of sp³-hybridized carbons (Fsp3) is 0.500. The van der Waals surface area contributed by atoms with Crippen molar-refractivity contribution in [1.82, 2.24) is 5.32 Å². The number of likely N-dealkylation sites (N-methyl/N-ethyl adjacent to an activating group) is 1. The molecule has 0 saturated carbocycles. The van der Waals surface area contributed by atoms with Crippen molar-refractivity contribution in [3.8, 4) is 11.5 Å². The van der Waals surface area contributed by atoms with E-state index in [9.17, 15) is 5.11 Å². The SMILES string of the molecule is CCOc1c(OC)ccc(Br)c1C(O)CNC. The zero-order chi connectivity index (χ0) is 12.8. The summed E-state index contributed by atoms with van der Waals surface area (Å²) in [7, 11) is 3.37. The average Bonchev–Trinajstić information content (AvgIpc) is 2.30. The van der Waals surface area contributed by atoms with Gasteiger partial charge in [-0.15, -0.1) is 0 Å². The summed E-state index contributed by atoms with van der Waals surface area (Å²) in [6.45, 7) is 2.87. The molecule has 0 aliphatic carbocycles. The Balaban J connectivity index is 3.22. The second-order valence-corrected chi connectivity index (χ2v) is 4.35. The van der Waals surface area contributed by atoms with Crippen LogP contribution in [0.4, 0.5) is 0 Å². The van der Waals surface area contributed by atoms with Crippen molar-refractivity contribution in [2.24, 2.45) is 0 Å². The minimum absolute atomic E-state index is 0.450. The van der Waals surface area contributed by atoms with E-state index in [0.717, 1.165) is 4.47 Å². The minimum atomic E-state index is -0.647. The van der Waals surface area contributed by atoms with E-state index in [0.29, 0.717) is 30.2 Å². The highest BCUT2D eigenvalue weighted by Gasteiger charge is 2.20. The molecule has 4 nitrogen and oxygen atoms in total. The predicted octanol–water partition coefficient (Wildman–Crippen LogP) is 2.11. The molecule has 0 radical (unpaired) electrons. The normalized spacial score (nSPS) is 12.3. The molecule has 0 aromatic heterocycles. The second-order valence-electron chi connectivity index (χ2n) is 3.50. The first-order valence-corrected chi connectivity index (χ1v) is 6.26. The number of aliphatic hydroxyl groups excluding tert-OH is 1. The lowest BCUT2D eigenvalue weighted by Crippen LogP contribution is -2.18. The van der Waals surface area contributed by atoms with Crippen LogP contribution in [0.15, 0.2) is 16.6 Å². The van der Waals surface area contributed by atoms with Crippen molar-refractivity contribution in [2.45, 2.75) is 13.0 Å². The van der Waals surface area contributed by atoms with Gasteiger partial charge >= 0.3 is 0 Å². The maximum atomic E-state index is 10.1. The number of nitrogens with one attached hydrogen (secondary N) is 1. The van der Waals surface area contributed by atoms with Crippen LogP contribution < -0.4 is 14.8 Å². The molecular weight excluding hydrogens is 286 g/mol. The van der Waals surface area contributed by atoms with Crippen molar-refractivity contribution < 1.29 is 14.6 Å². The number of methoxy groups -OCH3 is 1. The molecule has 0 aliphatic heterocycles. The summed E-state index contributed by atoms with van der Waals surface area (Å²) in [6.07, 6.45) is -0.647. The third kappa shape index (κ3) is 3.34. The van der Waals surface area contributed by atoms with Crippen LogP contribution in [-0.2, 0) is 0 Å². The highest BCUT2D eigenvalue weighted by molar-refractivity contribution is 9.10. The fourth-order valence-electron chi connectivity index (χ4n) is 1.62. The molecule has 96 valence electrons. The molecule has 0 amide bonds. The Bertz CT molecular complexity index is 371. The lowest BCUT2D eigenvalue weighted by molar-refractivity contribution is 0.169. The summed E-state index contributed by atoms with van der Waals surface area (Å²) in [5.41, 5.74) is 0.709. The number of rotatable bonds is 6. The largest absolute Gasteiger partial charge is 0.493 e. The molecular formula is C12H18BrNO3. The Morgan fingerprint density at radius 2 is 2.18 bits per heavy atom. The molecule has 0 aliphatic rings. The van der Waals surface area contributed by atoms with E-state index in [-0.39, 0.29) is 0 Å². The van der Waals surface area contributed by atoms with Crippen molar-refractivity contribution in [2.75, 3.05) is 27.3 Å². The zero-order valence-electron chi connectivity index (χ0n) is 10.3. The molecule has 0 fully saturated rings. The van der Waals surface area contributed by atoms with E-state index in [1.165, 1.54) is 0 Å². The first kappa shape index (κ1) is 14.3. The molecule has 1 aromatic rings. The van der Waals surface area contributed by atoms with Crippen LogP contribution in [0.5, 0.6) is 11.5 Å². The number of hydrogen-bond acceptors (Lipinski definition) is 4. The molecule has 2 N–H and O–H groups in total. The van der Waals surface area contributed by atoms with Crippen LogP contribution in [0, 0.1) is 0 Å². The van der Waals surface area contributed by atoms with Gasteiger partial charge in [-0.05, 0) is 26.1 Å². The maximum absolute atomic E-state index is 10.1. The van der Waals surface area contributed by atoms with Crippen LogP contribution in [-0.4, -0.2) is 32.4 Å². The highest BCUT2D eigenvalue weighted by atomic mass is 79.9. The van der Waals surface area contributed by atoms with Crippen molar-refractivity contribution in [3.63, 3.8) is 0 Å². The van der Waals surface area contributed by atoms with Gasteiger partial charge in [0.15, 0.2) is 11.5 Å². The molecule has 5 heteroatoms. The summed E-state index contributed by atoms with van der Waals surface area (Å²) in [5, 5.41) is 13.0. The summed E-state index contributed by atoms with van der Waals surface area (Å²) >= 11 is 3.43. The van der Waals surface area contributed by atoms with Gasteiger partial charge in [0.2, 0.25) is 0 Å². The van der Waals surface area contributed by atoms with Gasteiger partial charge in [-0.25, -0.2) is 0 Å². The summed E-state index contributed by atoms with van der Waals surface area (Å²) in [6, 6.07) is 3.65. The molecule has 1 rings (SSSR count). The molecule has 0 heterocycles. The van der Waals surface area contributed by atoms with E-state index in [4.69, 9.17) is 9.47 Å². The van der Waals surface area contributed by atoms with Crippen molar-refractivity contribution in [3.05, 3.63) is 22.2 Å². The monoisotopic (exact) mass is 303 g/mol. The van der Waals surface area contributed by atoms with Gasteiger partial charge in [0, 0.05) is 16.6 Å². The third-order valence-electron chi connectivity index (χ3n) is 2.35. The van der Waals surface area contributed by atoms with Crippen LogP contribution in [0.3, 0.4) is 0 Å². The first-order chi connectivity index (χ1) is 8.15. The summed E-state index contributed by atoms with van der Waals surface area (Å²) in [5.74, 6) is 1.22. The standard InChI is InChI=1S/C12H18BrNO3/c1-4-17-12-10(16-3)6-5-8(13)11(12)9(15)7-14-2/h5-6,9,14-15H,4,7H2,1-3H3. The smallest absolute Gasteiger partial charge is 0.168 e. The molecule has 0 saturated heterocycles. The topological polar surface area (TPSA) is 50.7 Å². The maximum Gasteiger partial charge on any atom is 0.168 e. The van der Waals surface area contributed by atoms with Crippen LogP contribution in [0.2, 0.25) is 0 Å². The number of hydrogen-bond donors (Lipinski definition) is 2. The van der Waals surface area contributed by atoms with Crippen LogP contribution in [0.25, 0.3) is 0 Å². The number of aliphatic hydroxyl groups is 1. The number of benzene rings is 1. The molecule has 1 unspecified atom stereocenters. The van der Waals surface area contributed by atoms with E-state index >= 15 is 0 Å². The highest BCUT2D eigenvalue weighted by Crippen LogP contribution is 2.39. The molecule has 0 spiro atoms. The average molecular weight is 304 g/mol. The Labute approximate surface area is 110 Å².